The van der Waals surface area contributed by atoms with E-state index in [2.05, 4.69) is 31.0 Å². The summed E-state index contributed by atoms with van der Waals surface area (Å²) in [6, 6.07) is 0.264. The van der Waals surface area contributed by atoms with Gasteiger partial charge in [-0.3, -0.25) is 4.79 Å². The van der Waals surface area contributed by atoms with Gasteiger partial charge < -0.3 is 15.0 Å². The monoisotopic (exact) mass is 254 g/mol. The van der Waals surface area contributed by atoms with Crippen molar-refractivity contribution in [1.29, 1.82) is 0 Å². The summed E-state index contributed by atoms with van der Waals surface area (Å²) in [6.07, 6.45) is 3.05. The smallest absolute Gasteiger partial charge is 0.229 e. The molecule has 0 bridgehead atoms. The number of carbonyl (C=O) groups is 1. The fourth-order valence-electron chi connectivity index (χ4n) is 2.97. The molecule has 2 aliphatic heterocycles. The van der Waals surface area contributed by atoms with Crippen LogP contribution in [0.25, 0.3) is 0 Å². The number of amides is 1. The molecule has 2 unspecified atom stereocenters. The summed E-state index contributed by atoms with van der Waals surface area (Å²) in [4.78, 5) is 14.9. The molecule has 0 aromatic heterocycles. The van der Waals surface area contributed by atoms with Crippen molar-refractivity contribution >= 4 is 5.91 Å². The molecule has 2 saturated heterocycles. The van der Waals surface area contributed by atoms with E-state index in [1.807, 2.05) is 0 Å². The van der Waals surface area contributed by atoms with E-state index < -0.39 is 0 Å². The van der Waals surface area contributed by atoms with Gasteiger partial charge in [-0.25, -0.2) is 0 Å². The number of piperidine rings is 1. The minimum Gasteiger partial charge on any atom is -0.375 e. The third-order valence-electron chi connectivity index (χ3n) is 4.42. The van der Waals surface area contributed by atoms with Crippen molar-refractivity contribution in [3.63, 3.8) is 0 Å². The minimum atomic E-state index is -0.171. The third-order valence-corrected chi connectivity index (χ3v) is 4.42. The van der Waals surface area contributed by atoms with Gasteiger partial charge in [-0.05, 0) is 39.3 Å². The highest BCUT2D eigenvalue weighted by molar-refractivity contribution is 5.83. The van der Waals surface area contributed by atoms with Crippen LogP contribution in [0.5, 0.6) is 0 Å². The van der Waals surface area contributed by atoms with Gasteiger partial charge in [0.15, 0.2) is 0 Å². The lowest BCUT2D eigenvalue weighted by atomic mass is 9.79. The van der Waals surface area contributed by atoms with E-state index in [-0.39, 0.29) is 17.6 Å². The predicted molar refractivity (Wildman–Crippen MR) is 71.4 cm³/mol. The van der Waals surface area contributed by atoms with Crippen LogP contribution in [0.15, 0.2) is 0 Å². The molecule has 4 heteroatoms. The molecule has 4 nitrogen and oxygen atoms in total. The largest absolute Gasteiger partial charge is 0.375 e. The second kappa shape index (κ2) is 5.57. The molecule has 2 atom stereocenters. The lowest BCUT2D eigenvalue weighted by Gasteiger charge is -2.44. The van der Waals surface area contributed by atoms with Crippen LogP contribution in [0.1, 0.15) is 40.0 Å². The van der Waals surface area contributed by atoms with Crippen molar-refractivity contribution in [1.82, 2.24) is 10.2 Å². The van der Waals surface area contributed by atoms with Gasteiger partial charge in [0.1, 0.15) is 0 Å². The Morgan fingerprint density at radius 2 is 2.11 bits per heavy atom. The van der Waals surface area contributed by atoms with Gasteiger partial charge >= 0.3 is 0 Å². The van der Waals surface area contributed by atoms with E-state index >= 15 is 0 Å². The van der Waals surface area contributed by atoms with Crippen molar-refractivity contribution in [2.24, 2.45) is 5.41 Å². The van der Waals surface area contributed by atoms with Crippen molar-refractivity contribution in [2.75, 3.05) is 26.2 Å². The van der Waals surface area contributed by atoms with Crippen LogP contribution in [0.2, 0.25) is 0 Å². The molecule has 1 amide bonds. The van der Waals surface area contributed by atoms with Crippen molar-refractivity contribution in [3.05, 3.63) is 0 Å². The second-order valence-electron chi connectivity index (χ2n) is 5.97. The van der Waals surface area contributed by atoms with Crippen LogP contribution in [-0.2, 0) is 9.53 Å². The molecule has 2 rings (SSSR count). The summed E-state index contributed by atoms with van der Waals surface area (Å²) in [6.45, 7) is 9.67. The Bertz CT molecular complexity index is 300. The normalized spacial score (nSPS) is 32.3. The topological polar surface area (TPSA) is 41.6 Å². The average molecular weight is 254 g/mol. The fraction of sp³-hybridized carbons (Fsp3) is 0.929. The van der Waals surface area contributed by atoms with E-state index in [4.69, 9.17) is 4.74 Å². The zero-order chi connectivity index (χ0) is 13.2. The molecular formula is C14H26N2O2. The first kappa shape index (κ1) is 13.8. The molecule has 2 heterocycles. The molecular weight excluding hydrogens is 228 g/mol. The van der Waals surface area contributed by atoms with Crippen LogP contribution in [-0.4, -0.2) is 49.2 Å². The molecule has 0 aromatic rings. The molecule has 0 spiro atoms. The molecule has 2 fully saturated rings. The highest BCUT2D eigenvalue weighted by Gasteiger charge is 2.41. The first-order chi connectivity index (χ1) is 8.57. The second-order valence-corrected chi connectivity index (χ2v) is 5.97. The lowest BCUT2D eigenvalue weighted by Crippen LogP contribution is -2.56. The number of morpholine rings is 1. The quantitative estimate of drug-likeness (QED) is 0.810. The Kier molecular flexibility index (Phi) is 4.28. The van der Waals surface area contributed by atoms with E-state index in [9.17, 15) is 4.79 Å². The zero-order valence-electron chi connectivity index (χ0n) is 11.9. The van der Waals surface area contributed by atoms with Gasteiger partial charge in [0.25, 0.3) is 0 Å². The highest BCUT2D eigenvalue weighted by Crippen LogP contribution is 2.32. The van der Waals surface area contributed by atoms with Crippen molar-refractivity contribution in [3.8, 4) is 0 Å². The van der Waals surface area contributed by atoms with Crippen LogP contribution in [0, 0.1) is 5.41 Å². The predicted octanol–water partition coefficient (Wildman–Crippen LogP) is 1.40. The Morgan fingerprint density at radius 1 is 1.44 bits per heavy atom. The molecule has 0 saturated carbocycles. The number of hydrogen-bond acceptors (Lipinski definition) is 3. The molecule has 0 aliphatic carbocycles. The summed E-state index contributed by atoms with van der Waals surface area (Å²) in [5.74, 6) is 0.339. The van der Waals surface area contributed by atoms with Gasteiger partial charge in [-0.15, -0.1) is 0 Å². The van der Waals surface area contributed by atoms with E-state index in [0.29, 0.717) is 12.5 Å². The summed E-state index contributed by atoms with van der Waals surface area (Å²) < 4.78 is 5.68. The third kappa shape index (κ3) is 2.69. The summed E-state index contributed by atoms with van der Waals surface area (Å²) in [5, 5.41) is 3.34. The van der Waals surface area contributed by atoms with Gasteiger partial charge in [-0.2, -0.15) is 0 Å². The van der Waals surface area contributed by atoms with Gasteiger partial charge in [0, 0.05) is 12.0 Å². The Labute approximate surface area is 110 Å². The number of carbonyl (C=O) groups excluding carboxylic acids is 1. The number of nitrogens with one attached hydrogen (secondary N) is 1. The van der Waals surface area contributed by atoms with E-state index in [1.165, 1.54) is 0 Å². The molecule has 0 aromatic carbocycles. The standard InChI is InChI=1S/C14H26N2O2/c1-4-12-10-18-11(2)9-16(12)13(17)14(3)5-7-15-8-6-14/h11-12,15H,4-10H2,1-3H3. The molecule has 18 heavy (non-hydrogen) atoms. The maximum atomic E-state index is 12.8. The Balaban J connectivity index is 2.09. The number of rotatable bonds is 2. The Hall–Kier alpha value is -0.610. The van der Waals surface area contributed by atoms with E-state index in [0.717, 1.165) is 38.9 Å². The molecule has 1 N–H and O–H groups in total. The first-order valence-corrected chi connectivity index (χ1v) is 7.20. The summed E-state index contributed by atoms with van der Waals surface area (Å²) in [5.41, 5.74) is -0.171. The van der Waals surface area contributed by atoms with E-state index in [1.54, 1.807) is 0 Å². The zero-order valence-corrected chi connectivity index (χ0v) is 11.9. The number of hydrogen-bond donors (Lipinski definition) is 1. The maximum Gasteiger partial charge on any atom is 0.229 e. The highest BCUT2D eigenvalue weighted by atomic mass is 16.5. The summed E-state index contributed by atoms with van der Waals surface area (Å²) >= 11 is 0. The van der Waals surface area contributed by atoms with Crippen LogP contribution >= 0.6 is 0 Å². The van der Waals surface area contributed by atoms with Crippen molar-refractivity contribution in [2.45, 2.75) is 52.2 Å². The first-order valence-electron chi connectivity index (χ1n) is 7.20. The molecule has 0 radical (unpaired) electrons. The van der Waals surface area contributed by atoms with Crippen LogP contribution in [0.4, 0.5) is 0 Å². The number of ether oxygens (including phenoxy) is 1. The maximum absolute atomic E-state index is 12.8. The lowest BCUT2D eigenvalue weighted by molar-refractivity contribution is -0.155. The SMILES string of the molecule is CCC1COC(C)CN1C(=O)C1(C)CCNCC1. The van der Waals surface area contributed by atoms with Crippen molar-refractivity contribution < 1.29 is 9.53 Å². The molecule has 2 aliphatic rings. The minimum absolute atomic E-state index is 0.169. The van der Waals surface area contributed by atoms with Gasteiger partial charge in [-0.1, -0.05) is 13.8 Å². The van der Waals surface area contributed by atoms with Crippen LogP contribution < -0.4 is 5.32 Å². The summed E-state index contributed by atoms with van der Waals surface area (Å²) in [7, 11) is 0. The molecule has 104 valence electrons. The number of nitrogens with zero attached hydrogens (tertiary/aromatic N) is 1. The van der Waals surface area contributed by atoms with Crippen LogP contribution in [0.3, 0.4) is 0 Å². The van der Waals surface area contributed by atoms with Gasteiger partial charge in [0.2, 0.25) is 5.91 Å². The fourth-order valence-corrected chi connectivity index (χ4v) is 2.97. The Morgan fingerprint density at radius 3 is 2.72 bits per heavy atom. The average Bonchev–Trinajstić information content (AvgIpc) is 2.38. The van der Waals surface area contributed by atoms with Gasteiger partial charge in [0.05, 0.1) is 18.8 Å².